The molecule has 4 nitrogen and oxygen atoms in total. The fraction of sp³-hybridized carbons (Fsp3) is 0.562. The largest absolute Gasteiger partial charge is 0.381 e. The monoisotopic (exact) mass is 310 g/mol. The highest BCUT2D eigenvalue weighted by Crippen LogP contribution is 2.22. The van der Waals surface area contributed by atoms with Gasteiger partial charge in [0, 0.05) is 19.2 Å². The maximum Gasteiger partial charge on any atom is 0.225 e. The summed E-state index contributed by atoms with van der Waals surface area (Å²) in [5.74, 6) is 0.164. The summed E-state index contributed by atoms with van der Waals surface area (Å²) in [6.45, 7) is 3.00. The van der Waals surface area contributed by atoms with Crippen LogP contribution < -0.4 is 10.6 Å². The van der Waals surface area contributed by atoms with Crippen LogP contribution in [0.15, 0.2) is 24.3 Å². The van der Waals surface area contributed by atoms with Crippen LogP contribution in [0.2, 0.25) is 0 Å². The lowest BCUT2D eigenvalue weighted by Crippen LogP contribution is -2.42. The summed E-state index contributed by atoms with van der Waals surface area (Å²) in [6.07, 6.45) is 3.00. The maximum atomic E-state index is 12.1. The third kappa shape index (κ3) is 3.96. The Morgan fingerprint density at radius 3 is 3.05 bits per heavy atom. The Morgan fingerprint density at radius 2 is 2.24 bits per heavy atom. The van der Waals surface area contributed by atoms with Gasteiger partial charge in [0.15, 0.2) is 0 Å². The lowest BCUT2D eigenvalue weighted by atomic mass is 9.94. The molecule has 2 aliphatic heterocycles. The number of fused-ring (bicyclic) bond motifs is 1. The summed E-state index contributed by atoms with van der Waals surface area (Å²) < 4.78 is 5.37. The van der Waals surface area contributed by atoms with Crippen LogP contribution in [0.5, 0.6) is 0 Å². The summed E-state index contributed by atoms with van der Waals surface area (Å²) in [5.41, 5.74) is 2.71. The normalized spacial score (nSPS) is 24.6. The Bertz CT molecular complexity index is 475. The van der Waals surface area contributed by atoms with E-state index in [1.807, 2.05) is 0 Å². The molecular formula is C16H23ClN2O2. The molecule has 0 aliphatic carbocycles. The van der Waals surface area contributed by atoms with Gasteiger partial charge >= 0.3 is 0 Å². The summed E-state index contributed by atoms with van der Waals surface area (Å²) in [4.78, 5) is 12.1. The first-order valence-electron chi connectivity index (χ1n) is 7.51. The first-order valence-corrected chi connectivity index (χ1v) is 7.51. The highest BCUT2D eigenvalue weighted by molar-refractivity contribution is 5.85. The summed E-state index contributed by atoms with van der Waals surface area (Å²) in [7, 11) is 0. The van der Waals surface area contributed by atoms with E-state index in [0.717, 1.165) is 32.4 Å². The zero-order valence-electron chi connectivity index (χ0n) is 12.1. The molecule has 2 heterocycles. The molecule has 0 spiro atoms. The van der Waals surface area contributed by atoms with Gasteiger partial charge in [-0.25, -0.2) is 0 Å². The minimum absolute atomic E-state index is 0. The second-order valence-electron chi connectivity index (χ2n) is 5.61. The van der Waals surface area contributed by atoms with Crippen molar-refractivity contribution in [3.8, 4) is 0 Å². The summed E-state index contributed by atoms with van der Waals surface area (Å²) in [5, 5.41) is 6.57. The van der Waals surface area contributed by atoms with Crippen LogP contribution in [0.4, 0.5) is 0 Å². The smallest absolute Gasteiger partial charge is 0.225 e. The molecule has 116 valence electrons. The molecule has 21 heavy (non-hydrogen) atoms. The predicted octanol–water partition coefficient (Wildman–Crippen LogP) is 1.84. The molecule has 0 aromatic heterocycles. The van der Waals surface area contributed by atoms with Gasteiger partial charge in [-0.15, -0.1) is 12.4 Å². The Labute approximate surface area is 132 Å². The van der Waals surface area contributed by atoms with E-state index in [9.17, 15) is 4.79 Å². The van der Waals surface area contributed by atoms with Crippen LogP contribution in [0.25, 0.3) is 0 Å². The minimum atomic E-state index is 0. The lowest BCUT2D eigenvalue weighted by molar-refractivity contribution is -0.129. The highest BCUT2D eigenvalue weighted by atomic mass is 35.5. The molecule has 1 amide bonds. The number of hydrogen-bond acceptors (Lipinski definition) is 3. The molecule has 1 fully saturated rings. The molecule has 3 rings (SSSR count). The van der Waals surface area contributed by atoms with Gasteiger partial charge < -0.3 is 15.4 Å². The van der Waals surface area contributed by atoms with E-state index < -0.39 is 0 Å². The van der Waals surface area contributed by atoms with Crippen molar-refractivity contribution >= 4 is 18.3 Å². The number of ether oxygens (including phenoxy) is 1. The fourth-order valence-electron chi connectivity index (χ4n) is 3.07. The number of amides is 1. The fourth-order valence-corrected chi connectivity index (χ4v) is 3.07. The molecule has 2 N–H and O–H groups in total. The molecule has 2 unspecified atom stereocenters. The Kier molecular flexibility index (Phi) is 6.03. The van der Waals surface area contributed by atoms with Crippen LogP contribution in [-0.4, -0.2) is 32.2 Å². The van der Waals surface area contributed by atoms with Crippen LogP contribution in [-0.2, 0) is 16.0 Å². The van der Waals surface area contributed by atoms with Gasteiger partial charge in [0.25, 0.3) is 0 Å². The zero-order valence-corrected chi connectivity index (χ0v) is 13.0. The molecule has 0 saturated carbocycles. The predicted molar refractivity (Wildman–Crippen MR) is 84.7 cm³/mol. The van der Waals surface area contributed by atoms with E-state index in [0.29, 0.717) is 13.2 Å². The van der Waals surface area contributed by atoms with E-state index in [-0.39, 0.29) is 30.3 Å². The van der Waals surface area contributed by atoms with Crippen molar-refractivity contribution in [2.75, 3.05) is 26.3 Å². The van der Waals surface area contributed by atoms with Crippen LogP contribution in [0.3, 0.4) is 0 Å². The average molecular weight is 311 g/mol. The highest BCUT2D eigenvalue weighted by Gasteiger charge is 2.24. The van der Waals surface area contributed by atoms with Crippen molar-refractivity contribution in [2.45, 2.75) is 25.3 Å². The van der Waals surface area contributed by atoms with E-state index in [4.69, 9.17) is 4.74 Å². The first kappa shape index (κ1) is 16.3. The molecule has 0 bridgehead atoms. The minimum Gasteiger partial charge on any atom is -0.381 e. The van der Waals surface area contributed by atoms with Crippen LogP contribution in [0, 0.1) is 5.92 Å². The Balaban J connectivity index is 0.00000161. The van der Waals surface area contributed by atoms with Crippen molar-refractivity contribution in [2.24, 2.45) is 5.92 Å². The number of rotatable bonds is 3. The van der Waals surface area contributed by atoms with E-state index >= 15 is 0 Å². The van der Waals surface area contributed by atoms with Gasteiger partial charge in [-0.2, -0.15) is 0 Å². The summed E-state index contributed by atoms with van der Waals surface area (Å²) >= 11 is 0. The number of nitrogens with one attached hydrogen (secondary N) is 2. The number of benzene rings is 1. The molecule has 2 aliphatic rings. The maximum absolute atomic E-state index is 12.1. The van der Waals surface area contributed by atoms with Crippen LogP contribution in [0.1, 0.15) is 30.0 Å². The van der Waals surface area contributed by atoms with Crippen molar-refractivity contribution in [1.29, 1.82) is 0 Å². The van der Waals surface area contributed by atoms with Crippen molar-refractivity contribution in [3.05, 3.63) is 35.4 Å². The number of carbonyl (C=O) groups is 1. The molecule has 5 heteroatoms. The van der Waals surface area contributed by atoms with Gasteiger partial charge in [-0.1, -0.05) is 24.3 Å². The third-order valence-corrected chi connectivity index (χ3v) is 4.23. The lowest BCUT2D eigenvalue weighted by Gasteiger charge is -2.28. The number of halogens is 1. The quantitative estimate of drug-likeness (QED) is 0.895. The number of hydrogen-bond donors (Lipinski definition) is 2. The van der Waals surface area contributed by atoms with Crippen molar-refractivity contribution in [1.82, 2.24) is 10.6 Å². The van der Waals surface area contributed by atoms with E-state index in [2.05, 4.69) is 34.9 Å². The van der Waals surface area contributed by atoms with Crippen molar-refractivity contribution < 1.29 is 9.53 Å². The van der Waals surface area contributed by atoms with Gasteiger partial charge in [0.2, 0.25) is 5.91 Å². The average Bonchev–Trinajstić information content (AvgIpc) is 2.53. The topological polar surface area (TPSA) is 50.4 Å². The van der Waals surface area contributed by atoms with Gasteiger partial charge in [-0.3, -0.25) is 4.79 Å². The standard InChI is InChI=1S/C16H22N2O2.ClH/c19-16(13-5-3-9-20-11-13)18-10-15-14-6-2-1-4-12(14)7-8-17-15;/h1-2,4,6,13,15,17H,3,5,7-11H2,(H,18,19);1H. The van der Waals surface area contributed by atoms with Crippen LogP contribution >= 0.6 is 12.4 Å². The van der Waals surface area contributed by atoms with Gasteiger partial charge in [0.05, 0.1) is 12.5 Å². The first-order chi connectivity index (χ1) is 9.84. The molecule has 2 atom stereocenters. The molecular weight excluding hydrogens is 288 g/mol. The zero-order chi connectivity index (χ0) is 13.8. The Morgan fingerprint density at radius 1 is 1.38 bits per heavy atom. The van der Waals surface area contributed by atoms with Crippen molar-refractivity contribution in [3.63, 3.8) is 0 Å². The van der Waals surface area contributed by atoms with Gasteiger partial charge in [0.1, 0.15) is 0 Å². The van der Waals surface area contributed by atoms with E-state index in [1.165, 1.54) is 11.1 Å². The molecule has 1 aromatic rings. The van der Waals surface area contributed by atoms with E-state index in [1.54, 1.807) is 0 Å². The second-order valence-corrected chi connectivity index (χ2v) is 5.61. The molecule has 1 saturated heterocycles. The summed E-state index contributed by atoms with van der Waals surface area (Å²) in [6, 6.07) is 8.71. The Hall–Kier alpha value is -1.10. The SMILES string of the molecule is Cl.O=C(NCC1NCCc2ccccc21)C1CCCOC1. The molecule has 0 radical (unpaired) electrons. The third-order valence-electron chi connectivity index (χ3n) is 4.23. The van der Waals surface area contributed by atoms with Gasteiger partial charge in [-0.05, 0) is 36.9 Å². The number of carbonyl (C=O) groups excluding carboxylic acids is 1. The molecule has 1 aromatic carbocycles. The second kappa shape index (κ2) is 7.78.